The first-order valence-electron chi connectivity index (χ1n) is 10.4. The topological polar surface area (TPSA) is 88.9 Å². The number of halogens is 1. The lowest BCUT2D eigenvalue weighted by Crippen LogP contribution is -2.58. The number of nitrogens with zero attached hydrogens (tertiary/aromatic N) is 3. The Balaban J connectivity index is 1.39. The van der Waals surface area contributed by atoms with E-state index in [9.17, 15) is 9.59 Å². The van der Waals surface area contributed by atoms with Gasteiger partial charge in [0.2, 0.25) is 5.91 Å². The largest absolute Gasteiger partial charge is 0.380 e. The molecule has 3 saturated carbocycles. The van der Waals surface area contributed by atoms with Crippen molar-refractivity contribution in [2.24, 2.45) is 23.2 Å². The van der Waals surface area contributed by atoms with Crippen LogP contribution in [0.25, 0.3) is 0 Å². The van der Waals surface area contributed by atoms with Gasteiger partial charge in [0, 0.05) is 25.0 Å². The second-order valence-electron chi connectivity index (χ2n) is 9.17. The molecule has 0 aromatic carbocycles. The van der Waals surface area contributed by atoms with E-state index < -0.39 is 0 Å². The lowest BCUT2D eigenvalue weighted by molar-refractivity contribution is -0.122. The molecule has 4 atom stereocenters. The fourth-order valence-electron chi connectivity index (χ4n) is 5.11. The average Bonchev–Trinajstić information content (AvgIpc) is 2.73. The first kappa shape index (κ1) is 21.0. The molecule has 3 aliphatic carbocycles. The van der Waals surface area contributed by atoms with E-state index in [4.69, 9.17) is 0 Å². The Kier molecular flexibility index (Phi) is 5.70. The molecule has 2 bridgehead atoms. The molecule has 160 valence electrons. The number of pyridine rings is 1. The Labute approximate surface area is 184 Å². The molecule has 30 heavy (non-hydrogen) atoms. The van der Waals surface area contributed by atoms with E-state index in [1.165, 1.54) is 11.1 Å². The van der Waals surface area contributed by atoms with Gasteiger partial charge >= 0.3 is 0 Å². The number of fused-ring (bicyclic) bond motifs is 2. The Morgan fingerprint density at radius 2 is 2.03 bits per heavy atom. The Bertz CT molecular complexity index is 991. The van der Waals surface area contributed by atoms with Crippen LogP contribution in [0, 0.1) is 23.2 Å². The number of anilines is 1. The highest BCUT2D eigenvalue weighted by Crippen LogP contribution is 2.61. The van der Waals surface area contributed by atoms with Crippen molar-refractivity contribution in [2.45, 2.75) is 52.7 Å². The minimum absolute atomic E-state index is 0.124. The van der Waals surface area contributed by atoms with Crippen LogP contribution in [0.2, 0.25) is 0 Å². The summed E-state index contributed by atoms with van der Waals surface area (Å²) in [5, 5.41) is 10.6. The fourth-order valence-corrected chi connectivity index (χ4v) is 5.53. The highest BCUT2D eigenvalue weighted by Gasteiger charge is 2.56. The molecule has 3 aliphatic rings. The second-order valence-corrected chi connectivity index (χ2v) is 9.97. The smallest absolute Gasteiger partial charge is 0.283 e. The maximum Gasteiger partial charge on any atom is 0.283 e. The standard InChI is InChI=1S/C22H28BrN5O2/c1-13-16-8-15(22(16,2)3)9-17(13)27-18-11-26-28(21(30)20(18)23)12-19(29)25-10-14-4-6-24-7-5-14/h4-7,11,13,15-17,27H,8-10,12H2,1-3H3,(H,25,29)/t13-,15?,16?,17-/m1/s1. The number of amides is 1. The Morgan fingerprint density at radius 1 is 1.30 bits per heavy atom. The molecule has 0 aliphatic heterocycles. The van der Waals surface area contributed by atoms with E-state index in [0.717, 1.165) is 17.9 Å². The normalized spacial score (nSPS) is 26.5. The summed E-state index contributed by atoms with van der Waals surface area (Å²) >= 11 is 3.42. The molecule has 5 rings (SSSR count). The second kappa shape index (κ2) is 8.13. The lowest BCUT2D eigenvalue weighted by Gasteiger charge is -2.62. The third-order valence-electron chi connectivity index (χ3n) is 7.21. The van der Waals surface area contributed by atoms with Crippen LogP contribution in [0.3, 0.4) is 0 Å². The van der Waals surface area contributed by atoms with Crippen molar-refractivity contribution >= 4 is 27.5 Å². The van der Waals surface area contributed by atoms with Crippen molar-refractivity contribution in [1.82, 2.24) is 20.1 Å². The quantitative estimate of drug-likeness (QED) is 0.672. The molecule has 0 saturated heterocycles. The van der Waals surface area contributed by atoms with Crippen LogP contribution in [0.4, 0.5) is 5.69 Å². The zero-order valence-electron chi connectivity index (χ0n) is 17.6. The van der Waals surface area contributed by atoms with Crippen molar-refractivity contribution in [3.63, 3.8) is 0 Å². The van der Waals surface area contributed by atoms with Gasteiger partial charge in [0.15, 0.2) is 0 Å². The van der Waals surface area contributed by atoms with E-state index in [2.05, 4.69) is 57.4 Å². The molecule has 3 fully saturated rings. The zero-order valence-corrected chi connectivity index (χ0v) is 19.1. The van der Waals surface area contributed by atoms with Crippen molar-refractivity contribution < 1.29 is 4.79 Å². The first-order valence-corrected chi connectivity index (χ1v) is 11.2. The summed E-state index contributed by atoms with van der Waals surface area (Å²) in [6.07, 6.45) is 7.40. The van der Waals surface area contributed by atoms with Gasteiger partial charge in [0.25, 0.3) is 5.56 Å². The van der Waals surface area contributed by atoms with E-state index in [1.54, 1.807) is 18.6 Å². The lowest BCUT2D eigenvalue weighted by atomic mass is 9.45. The monoisotopic (exact) mass is 473 g/mol. The average molecular weight is 474 g/mol. The summed E-state index contributed by atoms with van der Waals surface area (Å²) in [6, 6.07) is 4.00. The predicted molar refractivity (Wildman–Crippen MR) is 119 cm³/mol. The predicted octanol–water partition coefficient (Wildman–Crippen LogP) is 3.20. The molecule has 7 nitrogen and oxygen atoms in total. The van der Waals surface area contributed by atoms with Crippen LogP contribution in [0.15, 0.2) is 40.0 Å². The molecular weight excluding hydrogens is 446 g/mol. The maximum atomic E-state index is 12.7. The molecule has 2 N–H and O–H groups in total. The summed E-state index contributed by atoms with van der Waals surface area (Å²) in [6.45, 7) is 7.30. The van der Waals surface area contributed by atoms with Crippen molar-refractivity contribution in [1.29, 1.82) is 0 Å². The maximum absolute atomic E-state index is 12.7. The van der Waals surface area contributed by atoms with Gasteiger partial charge < -0.3 is 10.6 Å². The third-order valence-corrected chi connectivity index (χ3v) is 7.98. The molecule has 0 spiro atoms. The van der Waals surface area contributed by atoms with Gasteiger partial charge in [-0.15, -0.1) is 0 Å². The van der Waals surface area contributed by atoms with Gasteiger partial charge in [0.1, 0.15) is 11.0 Å². The SMILES string of the molecule is C[C@@H]1C2CC(C[C@H]1Nc1cnn(CC(=O)NCc3ccncc3)c(=O)c1Br)C2(C)C. The number of nitrogens with one attached hydrogen (secondary N) is 2. The minimum atomic E-state index is -0.312. The summed E-state index contributed by atoms with van der Waals surface area (Å²) in [7, 11) is 0. The Hall–Kier alpha value is -2.22. The number of carbonyl (C=O) groups is 1. The van der Waals surface area contributed by atoms with E-state index in [-0.39, 0.29) is 18.0 Å². The van der Waals surface area contributed by atoms with E-state index in [0.29, 0.717) is 40.0 Å². The van der Waals surface area contributed by atoms with Gasteiger partial charge in [0.05, 0.1) is 11.9 Å². The van der Waals surface area contributed by atoms with Crippen molar-refractivity contribution in [3.8, 4) is 0 Å². The van der Waals surface area contributed by atoms with Crippen LogP contribution < -0.4 is 16.2 Å². The van der Waals surface area contributed by atoms with Gasteiger partial charge in [-0.1, -0.05) is 20.8 Å². The number of hydrogen-bond acceptors (Lipinski definition) is 5. The summed E-state index contributed by atoms with van der Waals surface area (Å²) < 4.78 is 1.60. The molecule has 0 radical (unpaired) electrons. The van der Waals surface area contributed by atoms with Crippen LogP contribution in [0.5, 0.6) is 0 Å². The summed E-state index contributed by atoms with van der Waals surface area (Å²) in [5.74, 6) is 1.72. The van der Waals surface area contributed by atoms with Crippen molar-refractivity contribution in [2.75, 3.05) is 5.32 Å². The third kappa shape index (κ3) is 3.89. The van der Waals surface area contributed by atoms with E-state index >= 15 is 0 Å². The molecule has 2 aromatic heterocycles. The highest BCUT2D eigenvalue weighted by molar-refractivity contribution is 9.10. The van der Waals surface area contributed by atoms with Gasteiger partial charge in [-0.25, -0.2) is 4.68 Å². The van der Waals surface area contributed by atoms with Gasteiger partial charge in [-0.3, -0.25) is 14.6 Å². The first-order chi connectivity index (χ1) is 14.3. The fraction of sp³-hybridized carbons (Fsp3) is 0.545. The summed E-state index contributed by atoms with van der Waals surface area (Å²) in [4.78, 5) is 28.9. The van der Waals surface area contributed by atoms with Gasteiger partial charge in [-0.2, -0.15) is 5.10 Å². The Morgan fingerprint density at radius 3 is 2.70 bits per heavy atom. The number of aromatic nitrogens is 3. The van der Waals surface area contributed by atoms with Gasteiger partial charge in [-0.05, 0) is 69.6 Å². The number of carbonyl (C=O) groups excluding carboxylic acids is 1. The number of hydrogen-bond donors (Lipinski definition) is 2. The van der Waals surface area contributed by atoms with Crippen LogP contribution in [-0.4, -0.2) is 26.7 Å². The molecular formula is C22H28BrN5O2. The molecule has 2 aromatic rings. The van der Waals surface area contributed by atoms with Crippen LogP contribution >= 0.6 is 15.9 Å². The molecule has 2 unspecified atom stereocenters. The highest BCUT2D eigenvalue weighted by atomic mass is 79.9. The van der Waals surface area contributed by atoms with Crippen LogP contribution in [-0.2, 0) is 17.9 Å². The number of rotatable bonds is 6. The molecule has 2 heterocycles. The van der Waals surface area contributed by atoms with E-state index in [1.807, 2.05) is 12.1 Å². The molecule has 1 amide bonds. The minimum Gasteiger partial charge on any atom is -0.380 e. The van der Waals surface area contributed by atoms with Crippen LogP contribution in [0.1, 0.15) is 39.2 Å². The summed E-state index contributed by atoms with van der Waals surface area (Å²) in [5.41, 5.74) is 1.75. The van der Waals surface area contributed by atoms with Crippen molar-refractivity contribution in [3.05, 3.63) is 51.1 Å². The zero-order chi connectivity index (χ0) is 21.5. The molecule has 8 heteroatoms.